The van der Waals surface area contributed by atoms with E-state index in [0.717, 1.165) is 11.0 Å². The molecule has 0 radical (unpaired) electrons. The molecular formula is C8H12BrN3O. The van der Waals surface area contributed by atoms with E-state index in [4.69, 9.17) is 4.74 Å². The summed E-state index contributed by atoms with van der Waals surface area (Å²) in [6, 6.07) is 0. The maximum absolute atomic E-state index is 5.29. The summed E-state index contributed by atoms with van der Waals surface area (Å²) in [5.41, 5.74) is 0. The lowest BCUT2D eigenvalue weighted by molar-refractivity contribution is 0.324. The zero-order chi connectivity index (χ0) is 9.68. The third-order valence-corrected chi connectivity index (χ3v) is 1.87. The number of nitrogens with one attached hydrogen (secondary N) is 1. The molecule has 0 fully saturated rings. The Balaban J connectivity index is 2.83. The van der Waals surface area contributed by atoms with Gasteiger partial charge in [-0.2, -0.15) is 4.98 Å². The van der Waals surface area contributed by atoms with E-state index in [2.05, 4.69) is 31.2 Å². The lowest BCUT2D eigenvalue weighted by Gasteiger charge is -2.06. The van der Waals surface area contributed by atoms with Crippen LogP contribution in [-0.2, 0) is 0 Å². The molecule has 1 heterocycles. The Morgan fingerprint density at radius 3 is 2.92 bits per heavy atom. The van der Waals surface area contributed by atoms with Crippen molar-refractivity contribution in [1.29, 1.82) is 0 Å². The molecule has 0 bridgehead atoms. The summed E-state index contributed by atoms with van der Waals surface area (Å²) < 4.78 is 6.06. The van der Waals surface area contributed by atoms with Crippen LogP contribution < -0.4 is 10.1 Å². The van der Waals surface area contributed by atoms with E-state index in [0.29, 0.717) is 18.4 Å². The number of halogens is 1. The van der Waals surface area contributed by atoms with Crippen LogP contribution in [0.2, 0.25) is 0 Å². The molecule has 4 nitrogen and oxygen atoms in total. The molecule has 5 heteroatoms. The highest BCUT2D eigenvalue weighted by molar-refractivity contribution is 9.10. The van der Waals surface area contributed by atoms with Crippen LogP contribution in [0.4, 0.5) is 5.95 Å². The summed E-state index contributed by atoms with van der Waals surface area (Å²) in [5, 5.41) is 3.01. The van der Waals surface area contributed by atoms with Gasteiger partial charge in [-0.3, -0.25) is 0 Å². The van der Waals surface area contributed by atoms with Crippen LogP contribution >= 0.6 is 15.9 Å². The minimum atomic E-state index is 0.577. The fourth-order valence-electron chi connectivity index (χ4n) is 0.833. The average molecular weight is 246 g/mol. The molecule has 0 atom stereocenters. The van der Waals surface area contributed by atoms with E-state index in [1.165, 1.54) is 0 Å². The SMILES string of the molecule is CCNc1ncc(Br)c(OCC)n1. The molecular weight excluding hydrogens is 234 g/mol. The quantitative estimate of drug-likeness (QED) is 0.883. The monoisotopic (exact) mass is 245 g/mol. The van der Waals surface area contributed by atoms with Crippen LogP contribution in [0.5, 0.6) is 5.88 Å². The van der Waals surface area contributed by atoms with E-state index in [1.54, 1.807) is 6.20 Å². The van der Waals surface area contributed by atoms with E-state index in [-0.39, 0.29) is 0 Å². The van der Waals surface area contributed by atoms with Crippen LogP contribution in [0.1, 0.15) is 13.8 Å². The fraction of sp³-hybridized carbons (Fsp3) is 0.500. The van der Waals surface area contributed by atoms with Crippen LogP contribution in [0.3, 0.4) is 0 Å². The molecule has 1 rings (SSSR count). The molecule has 1 N–H and O–H groups in total. The first-order valence-electron chi connectivity index (χ1n) is 4.17. The topological polar surface area (TPSA) is 47.0 Å². The van der Waals surface area contributed by atoms with E-state index in [9.17, 15) is 0 Å². The van der Waals surface area contributed by atoms with Crippen molar-refractivity contribution in [3.8, 4) is 5.88 Å². The van der Waals surface area contributed by atoms with E-state index >= 15 is 0 Å². The van der Waals surface area contributed by atoms with E-state index < -0.39 is 0 Å². The van der Waals surface area contributed by atoms with Crippen molar-refractivity contribution in [2.45, 2.75) is 13.8 Å². The molecule has 0 unspecified atom stereocenters. The van der Waals surface area contributed by atoms with Crippen molar-refractivity contribution >= 4 is 21.9 Å². The minimum Gasteiger partial charge on any atom is -0.477 e. The smallest absolute Gasteiger partial charge is 0.232 e. The fourth-order valence-corrected chi connectivity index (χ4v) is 1.14. The summed E-state index contributed by atoms with van der Waals surface area (Å²) in [7, 11) is 0. The number of ether oxygens (including phenoxy) is 1. The number of aromatic nitrogens is 2. The Kier molecular flexibility index (Phi) is 3.95. The normalized spacial score (nSPS) is 9.77. The molecule has 13 heavy (non-hydrogen) atoms. The average Bonchev–Trinajstić information content (AvgIpc) is 2.12. The van der Waals surface area contributed by atoms with Crippen molar-refractivity contribution in [3.63, 3.8) is 0 Å². The van der Waals surface area contributed by atoms with Gasteiger partial charge in [0.05, 0.1) is 17.3 Å². The third kappa shape index (κ3) is 2.84. The van der Waals surface area contributed by atoms with Crippen molar-refractivity contribution < 1.29 is 4.74 Å². The molecule has 0 aliphatic carbocycles. The van der Waals surface area contributed by atoms with Crippen molar-refractivity contribution in [2.75, 3.05) is 18.5 Å². The van der Waals surface area contributed by atoms with Crippen LogP contribution in [0.15, 0.2) is 10.7 Å². The molecule has 1 aromatic rings. The van der Waals surface area contributed by atoms with Gasteiger partial charge in [0, 0.05) is 6.54 Å². The molecule has 0 aliphatic heterocycles. The highest BCUT2D eigenvalue weighted by Gasteiger charge is 2.04. The Hall–Kier alpha value is -0.840. The second-order valence-corrected chi connectivity index (χ2v) is 3.16. The number of nitrogens with zero attached hydrogens (tertiary/aromatic N) is 2. The van der Waals surface area contributed by atoms with Crippen molar-refractivity contribution in [2.24, 2.45) is 0 Å². The van der Waals surface area contributed by atoms with Gasteiger partial charge in [0.15, 0.2) is 0 Å². The molecule has 1 aromatic heterocycles. The maximum Gasteiger partial charge on any atom is 0.232 e. The number of hydrogen-bond donors (Lipinski definition) is 1. The second-order valence-electron chi connectivity index (χ2n) is 2.31. The van der Waals surface area contributed by atoms with Gasteiger partial charge in [-0.05, 0) is 29.8 Å². The first kappa shape index (κ1) is 10.2. The Morgan fingerprint density at radius 1 is 1.54 bits per heavy atom. The van der Waals surface area contributed by atoms with Gasteiger partial charge in [0.1, 0.15) is 0 Å². The molecule has 0 amide bonds. The Labute approximate surface area is 85.9 Å². The Morgan fingerprint density at radius 2 is 2.31 bits per heavy atom. The summed E-state index contributed by atoms with van der Waals surface area (Å²) >= 11 is 3.30. The first-order valence-corrected chi connectivity index (χ1v) is 4.96. The largest absolute Gasteiger partial charge is 0.477 e. The summed E-state index contributed by atoms with van der Waals surface area (Å²) in [6.45, 7) is 5.31. The summed E-state index contributed by atoms with van der Waals surface area (Å²) in [6.07, 6.45) is 1.68. The van der Waals surface area contributed by atoms with Crippen molar-refractivity contribution in [1.82, 2.24) is 9.97 Å². The maximum atomic E-state index is 5.29. The van der Waals surface area contributed by atoms with Gasteiger partial charge in [-0.25, -0.2) is 4.98 Å². The predicted octanol–water partition coefficient (Wildman–Crippen LogP) is 2.07. The van der Waals surface area contributed by atoms with Crippen molar-refractivity contribution in [3.05, 3.63) is 10.7 Å². The van der Waals surface area contributed by atoms with Crippen LogP contribution in [0, 0.1) is 0 Å². The second kappa shape index (κ2) is 5.01. The molecule has 0 saturated heterocycles. The first-order chi connectivity index (χ1) is 6.27. The minimum absolute atomic E-state index is 0.577. The highest BCUT2D eigenvalue weighted by atomic mass is 79.9. The molecule has 72 valence electrons. The van der Waals surface area contributed by atoms with Gasteiger partial charge >= 0.3 is 0 Å². The molecule has 0 spiro atoms. The van der Waals surface area contributed by atoms with Crippen LogP contribution in [0.25, 0.3) is 0 Å². The number of rotatable bonds is 4. The number of hydrogen-bond acceptors (Lipinski definition) is 4. The third-order valence-electron chi connectivity index (χ3n) is 1.33. The number of anilines is 1. The standard InChI is InChI=1S/C8H12BrN3O/c1-3-10-8-11-5-6(9)7(12-8)13-4-2/h5H,3-4H2,1-2H3,(H,10,11,12). The van der Waals surface area contributed by atoms with Gasteiger partial charge in [-0.15, -0.1) is 0 Å². The highest BCUT2D eigenvalue weighted by Crippen LogP contribution is 2.22. The van der Waals surface area contributed by atoms with Gasteiger partial charge in [0.2, 0.25) is 11.8 Å². The molecule has 0 saturated carbocycles. The van der Waals surface area contributed by atoms with Gasteiger partial charge in [-0.1, -0.05) is 0 Å². The summed E-state index contributed by atoms with van der Waals surface area (Å²) in [5.74, 6) is 1.17. The summed E-state index contributed by atoms with van der Waals surface area (Å²) in [4.78, 5) is 8.22. The van der Waals surface area contributed by atoms with Crippen LogP contribution in [-0.4, -0.2) is 23.1 Å². The van der Waals surface area contributed by atoms with Gasteiger partial charge in [0.25, 0.3) is 0 Å². The zero-order valence-corrected chi connectivity index (χ0v) is 9.26. The van der Waals surface area contributed by atoms with E-state index in [1.807, 2.05) is 13.8 Å². The lowest BCUT2D eigenvalue weighted by Crippen LogP contribution is -2.04. The zero-order valence-electron chi connectivity index (χ0n) is 7.67. The molecule has 0 aliphatic rings. The van der Waals surface area contributed by atoms with Gasteiger partial charge < -0.3 is 10.1 Å². The molecule has 0 aromatic carbocycles. The Bertz CT molecular complexity index is 280. The lowest BCUT2D eigenvalue weighted by atomic mass is 10.6. The predicted molar refractivity (Wildman–Crippen MR) is 55.1 cm³/mol.